The number of aromatic nitrogens is 1. The molecule has 0 unspecified atom stereocenters. The fourth-order valence-corrected chi connectivity index (χ4v) is 1.96. The van der Waals surface area contributed by atoms with E-state index in [1.165, 1.54) is 5.57 Å². The van der Waals surface area contributed by atoms with Gasteiger partial charge in [0, 0.05) is 7.11 Å². The zero-order valence-electron chi connectivity index (χ0n) is 9.20. The van der Waals surface area contributed by atoms with Crippen molar-refractivity contribution in [1.29, 1.82) is 0 Å². The molecule has 0 aliphatic carbocycles. The Labute approximate surface area is 100 Å². The number of hydrogen-bond acceptors (Lipinski definition) is 3. The maximum absolute atomic E-state index is 5.98. The van der Waals surface area contributed by atoms with Crippen molar-refractivity contribution in [3.63, 3.8) is 0 Å². The molecule has 1 aliphatic rings. The first-order chi connectivity index (χ1) is 7.79. The molecular weight excluding hydrogens is 226 g/mol. The van der Waals surface area contributed by atoms with Crippen molar-refractivity contribution >= 4 is 17.2 Å². The Morgan fingerprint density at radius 2 is 2.38 bits per heavy atom. The quantitative estimate of drug-likeness (QED) is 0.760. The fourth-order valence-electron chi connectivity index (χ4n) is 1.72. The van der Waals surface area contributed by atoms with E-state index in [-0.39, 0.29) is 0 Å². The Bertz CT molecular complexity index is 404. The number of methoxy groups -OCH3 is 1. The van der Waals surface area contributed by atoms with Gasteiger partial charge in [-0.2, -0.15) is 0 Å². The molecule has 0 bridgehead atoms. The summed E-state index contributed by atoms with van der Waals surface area (Å²) in [6, 6.07) is 3.85. The Kier molecular flexibility index (Phi) is 3.93. The zero-order chi connectivity index (χ0) is 11.4. The van der Waals surface area contributed by atoms with Gasteiger partial charge in [-0.05, 0) is 29.7 Å². The SMILES string of the molecule is COCc1cc(Cl)nc(C2=CCOCC2)c1. The first-order valence-electron chi connectivity index (χ1n) is 5.22. The van der Waals surface area contributed by atoms with Crippen molar-refractivity contribution in [2.75, 3.05) is 20.3 Å². The van der Waals surface area contributed by atoms with E-state index in [4.69, 9.17) is 21.1 Å². The van der Waals surface area contributed by atoms with E-state index >= 15 is 0 Å². The predicted molar refractivity (Wildman–Crippen MR) is 63.4 cm³/mol. The Balaban J connectivity index is 2.29. The highest BCUT2D eigenvalue weighted by Crippen LogP contribution is 2.22. The molecule has 1 aliphatic heterocycles. The minimum absolute atomic E-state index is 0.511. The van der Waals surface area contributed by atoms with Gasteiger partial charge in [0.25, 0.3) is 0 Å². The summed E-state index contributed by atoms with van der Waals surface area (Å²) in [6.07, 6.45) is 2.94. The van der Waals surface area contributed by atoms with Crippen molar-refractivity contribution in [2.24, 2.45) is 0 Å². The molecule has 2 rings (SSSR count). The third-order valence-electron chi connectivity index (χ3n) is 2.46. The Morgan fingerprint density at radius 3 is 3.06 bits per heavy atom. The number of rotatable bonds is 3. The average Bonchev–Trinajstić information content (AvgIpc) is 2.30. The average molecular weight is 240 g/mol. The van der Waals surface area contributed by atoms with E-state index in [1.54, 1.807) is 7.11 Å². The Hall–Kier alpha value is -0.900. The van der Waals surface area contributed by atoms with Crippen LogP contribution in [0.4, 0.5) is 0 Å². The molecule has 1 aromatic heterocycles. The van der Waals surface area contributed by atoms with Gasteiger partial charge in [-0.15, -0.1) is 0 Å². The van der Waals surface area contributed by atoms with Gasteiger partial charge in [0.05, 0.1) is 25.5 Å². The van der Waals surface area contributed by atoms with Crippen LogP contribution >= 0.6 is 11.6 Å². The molecule has 0 radical (unpaired) electrons. The highest BCUT2D eigenvalue weighted by molar-refractivity contribution is 6.29. The van der Waals surface area contributed by atoms with E-state index < -0.39 is 0 Å². The van der Waals surface area contributed by atoms with E-state index in [1.807, 2.05) is 12.1 Å². The molecule has 1 aromatic rings. The number of nitrogens with zero attached hydrogens (tertiary/aromatic N) is 1. The zero-order valence-corrected chi connectivity index (χ0v) is 9.96. The van der Waals surface area contributed by atoms with Gasteiger partial charge < -0.3 is 9.47 Å². The molecule has 0 saturated heterocycles. The molecule has 0 aromatic carbocycles. The fraction of sp³-hybridized carbons (Fsp3) is 0.417. The van der Waals surface area contributed by atoms with E-state index in [0.717, 1.165) is 24.3 Å². The standard InChI is InChI=1S/C12H14ClNO2/c1-15-8-9-6-11(14-12(13)7-9)10-2-4-16-5-3-10/h2,6-7H,3-5,8H2,1H3. The van der Waals surface area contributed by atoms with E-state index in [9.17, 15) is 0 Å². The highest BCUT2D eigenvalue weighted by Gasteiger charge is 2.09. The second kappa shape index (κ2) is 5.43. The third-order valence-corrected chi connectivity index (χ3v) is 2.65. The first kappa shape index (κ1) is 11.6. The van der Waals surface area contributed by atoms with Gasteiger partial charge in [-0.25, -0.2) is 4.98 Å². The molecule has 3 nitrogen and oxygen atoms in total. The molecule has 0 fully saturated rings. The molecule has 2 heterocycles. The van der Waals surface area contributed by atoms with Gasteiger partial charge in [-0.1, -0.05) is 17.7 Å². The largest absolute Gasteiger partial charge is 0.380 e. The van der Waals surface area contributed by atoms with Gasteiger partial charge in [0.15, 0.2) is 0 Å². The number of pyridine rings is 1. The summed E-state index contributed by atoms with van der Waals surface area (Å²) in [4.78, 5) is 4.33. The molecule has 0 N–H and O–H groups in total. The van der Waals surface area contributed by atoms with E-state index in [0.29, 0.717) is 18.4 Å². The van der Waals surface area contributed by atoms with Crippen LogP contribution in [0, 0.1) is 0 Å². The maximum Gasteiger partial charge on any atom is 0.130 e. The van der Waals surface area contributed by atoms with Crippen molar-refractivity contribution < 1.29 is 9.47 Å². The van der Waals surface area contributed by atoms with Gasteiger partial charge in [0.1, 0.15) is 5.15 Å². The maximum atomic E-state index is 5.98. The molecule has 16 heavy (non-hydrogen) atoms. The second-order valence-corrected chi connectivity index (χ2v) is 4.06. The van der Waals surface area contributed by atoms with Crippen molar-refractivity contribution in [3.8, 4) is 0 Å². The number of halogens is 1. The summed E-state index contributed by atoms with van der Waals surface area (Å²) >= 11 is 5.98. The lowest BCUT2D eigenvalue weighted by Crippen LogP contribution is -2.05. The van der Waals surface area contributed by atoms with Crippen molar-refractivity contribution in [2.45, 2.75) is 13.0 Å². The first-order valence-corrected chi connectivity index (χ1v) is 5.60. The minimum atomic E-state index is 0.511. The lowest BCUT2D eigenvalue weighted by Gasteiger charge is -2.14. The van der Waals surface area contributed by atoms with Crippen molar-refractivity contribution in [1.82, 2.24) is 4.98 Å². The Morgan fingerprint density at radius 1 is 1.50 bits per heavy atom. The van der Waals surface area contributed by atoms with Crippen LogP contribution < -0.4 is 0 Å². The lowest BCUT2D eigenvalue weighted by molar-refractivity contribution is 0.161. The van der Waals surface area contributed by atoms with Crippen molar-refractivity contribution in [3.05, 3.63) is 34.6 Å². The number of ether oxygens (including phenoxy) is 2. The molecule has 0 saturated carbocycles. The lowest BCUT2D eigenvalue weighted by atomic mass is 10.1. The summed E-state index contributed by atoms with van der Waals surface area (Å²) in [5.41, 5.74) is 3.18. The molecular formula is C12H14ClNO2. The summed E-state index contributed by atoms with van der Waals surface area (Å²) in [6.45, 7) is 1.96. The van der Waals surface area contributed by atoms with Crippen LogP contribution in [0.3, 0.4) is 0 Å². The molecule has 4 heteroatoms. The monoisotopic (exact) mass is 239 g/mol. The highest BCUT2D eigenvalue weighted by atomic mass is 35.5. The number of hydrogen-bond donors (Lipinski definition) is 0. The summed E-state index contributed by atoms with van der Waals surface area (Å²) in [5.74, 6) is 0. The van der Waals surface area contributed by atoms with E-state index in [2.05, 4.69) is 11.1 Å². The smallest absolute Gasteiger partial charge is 0.130 e. The van der Waals surface area contributed by atoms with Crippen LogP contribution in [0.2, 0.25) is 5.15 Å². The molecule has 86 valence electrons. The van der Waals surface area contributed by atoms with Gasteiger partial charge in [0.2, 0.25) is 0 Å². The summed E-state index contributed by atoms with van der Waals surface area (Å²) < 4.78 is 10.4. The molecule has 0 spiro atoms. The molecule has 0 amide bonds. The van der Waals surface area contributed by atoms with Crippen LogP contribution in [0.25, 0.3) is 5.57 Å². The van der Waals surface area contributed by atoms with Crippen LogP contribution in [0.5, 0.6) is 0 Å². The second-order valence-electron chi connectivity index (χ2n) is 3.67. The summed E-state index contributed by atoms with van der Waals surface area (Å²) in [7, 11) is 1.67. The van der Waals surface area contributed by atoms with Crippen LogP contribution in [-0.4, -0.2) is 25.3 Å². The van der Waals surface area contributed by atoms with Crippen LogP contribution in [0.15, 0.2) is 18.2 Å². The normalized spacial score (nSPS) is 16.0. The molecule has 0 atom stereocenters. The topological polar surface area (TPSA) is 31.4 Å². The van der Waals surface area contributed by atoms with Crippen LogP contribution in [-0.2, 0) is 16.1 Å². The minimum Gasteiger partial charge on any atom is -0.380 e. The third kappa shape index (κ3) is 2.82. The van der Waals surface area contributed by atoms with Gasteiger partial charge >= 0.3 is 0 Å². The predicted octanol–water partition coefficient (Wildman–Crippen LogP) is 2.69. The van der Waals surface area contributed by atoms with Gasteiger partial charge in [-0.3, -0.25) is 0 Å². The van der Waals surface area contributed by atoms with Crippen LogP contribution in [0.1, 0.15) is 17.7 Å². The summed E-state index contributed by atoms with van der Waals surface area (Å²) in [5, 5.41) is 0.511.